The molecule has 1 aromatic carbocycles. The molecule has 3 heterocycles. The van der Waals surface area contributed by atoms with Gasteiger partial charge in [0.05, 0.1) is 18.5 Å². The summed E-state index contributed by atoms with van der Waals surface area (Å²) in [6.45, 7) is 2.89. The van der Waals surface area contributed by atoms with Gasteiger partial charge in [-0.15, -0.1) is 0 Å². The van der Waals surface area contributed by atoms with Crippen LogP contribution in [-0.2, 0) is 6.54 Å². The second kappa shape index (κ2) is 6.49. The SMILES string of the molecule is COc1ccc(-n2cccn2)cc1CN1CCC(c2ccon2)C1. The van der Waals surface area contributed by atoms with Crippen LogP contribution in [0.25, 0.3) is 5.69 Å². The third kappa shape index (κ3) is 2.92. The highest BCUT2D eigenvalue weighted by atomic mass is 16.5. The zero-order chi connectivity index (χ0) is 16.4. The topological polar surface area (TPSA) is 56.3 Å². The van der Waals surface area contributed by atoms with Gasteiger partial charge in [-0.2, -0.15) is 5.10 Å². The van der Waals surface area contributed by atoms with Gasteiger partial charge in [0.25, 0.3) is 0 Å². The molecule has 1 unspecified atom stereocenters. The van der Waals surface area contributed by atoms with E-state index in [1.165, 1.54) is 5.56 Å². The molecule has 0 radical (unpaired) electrons. The third-order valence-electron chi connectivity index (χ3n) is 4.58. The van der Waals surface area contributed by atoms with E-state index in [9.17, 15) is 0 Å². The average Bonchev–Trinajstić information content (AvgIpc) is 3.36. The van der Waals surface area contributed by atoms with Gasteiger partial charge >= 0.3 is 0 Å². The summed E-state index contributed by atoms with van der Waals surface area (Å²) >= 11 is 0. The Morgan fingerprint density at radius 3 is 3.04 bits per heavy atom. The lowest BCUT2D eigenvalue weighted by Crippen LogP contribution is -2.20. The minimum Gasteiger partial charge on any atom is -0.496 e. The first-order chi connectivity index (χ1) is 11.8. The lowest BCUT2D eigenvalue weighted by atomic mass is 10.1. The molecular weight excluding hydrogens is 304 g/mol. The molecule has 1 aliphatic rings. The lowest BCUT2D eigenvalue weighted by molar-refractivity contribution is 0.315. The number of nitrogens with zero attached hydrogens (tertiary/aromatic N) is 4. The molecule has 0 aliphatic carbocycles. The highest BCUT2D eigenvalue weighted by Gasteiger charge is 2.26. The molecule has 24 heavy (non-hydrogen) atoms. The van der Waals surface area contributed by atoms with E-state index < -0.39 is 0 Å². The van der Waals surface area contributed by atoms with Crippen molar-refractivity contribution >= 4 is 0 Å². The predicted molar refractivity (Wildman–Crippen MR) is 89.3 cm³/mol. The molecule has 3 aromatic rings. The van der Waals surface area contributed by atoms with Crippen molar-refractivity contribution in [3.63, 3.8) is 0 Å². The number of likely N-dealkylation sites (tertiary alicyclic amines) is 1. The summed E-state index contributed by atoms with van der Waals surface area (Å²) in [7, 11) is 1.72. The van der Waals surface area contributed by atoms with E-state index >= 15 is 0 Å². The van der Waals surface area contributed by atoms with Crippen molar-refractivity contribution in [1.29, 1.82) is 0 Å². The monoisotopic (exact) mass is 324 g/mol. The number of rotatable bonds is 5. The molecule has 0 spiro atoms. The first-order valence-corrected chi connectivity index (χ1v) is 8.13. The molecule has 6 nitrogen and oxygen atoms in total. The summed E-state index contributed by atoms with van der Waals surface area (Å²) in [6.07, 6.45) is 6.48. The molecule has 6 heteroatoms. The minimum absolute atomic E-state index is 0.448. The second-order valence-electron chi connectivity index (χ2n) is 6.09. The molecule has 1 saturated heterocycles. The Balaban J connectivity index is 1.52. The molecular formula is C18H20N4O2. The van der Waals surface area contributed by atoms with Gasteiger partial charge in [-0.05, 0) is 37.2 Å². The smallest absolute Gasteiger partial charge is 0.124 e. The minimum atomic E-state index is 0.448. The van der Waals surface area contributed by atoms with E-state index in [2.05, 4.69) is 21.2 Å². The van der Waals surface area contributed by atoms with Crippen LogP contribution in [0.3, 0.4) is 0 Å². The number of methoxy groups -OCH3 is 1. The Kier molecular flexibility index (Phi) is 4.04. The van der Waals surface area contributed by atoms with E-state index in [1.54, 1.807) is 19.6 Å². The summed E-state index contributed by atoms with van der Waals surface area (Å²) in [4.78, 5) is 2.43. The van der Waals surface area contributed by atoms with Crippen LogP contribution in [0.15, 0.2) is 53.5 Å². The van der Waals surface area contributed by atoms with Crippen molar-refractivity contribution in [2.45, 2.75) is 18.9 Å². The Morgan fingerprint density at radius 2 is 2.29 bits per heavy atom. The molecule has 1 atom stereocenters. The van der Waals surface area contributed by atoms with Crippen LogP contribution in [0.2, 0.25) is 0 Å². The van der Waals surface area contributed by atoms with E-state index in [0.29, 0.717) is 5.92 Å². The molecule has 0 amide bonds. The van der Waals surface area contributed by atoms with Crippen molar-refractivity contribution in [1.82, 2.24) is 19.8 Å². The van der Waals surface area contributed by atoms with Gasteiger partial charge in [-0.25, -0.2) is 4.68 Å². The number of hydrogen-bond acceptors (Lipinski definition) is 5. The molecule has 1 fully saturated rings. The van der Waals surface area contributed by atoms with Gasteiger partial charge in [0.2, 0.25) is 0 Å². The summed E-state index contributed by atoms with van der Waals surface area (Å²) in [5, 5.41) is 8.39. The highest BCUT2D eigenvalue weighted by molar-refractivity contribution is 5.44. The number of benzene rings is 1. The van der Waals surface area contributed by atoms with E-state index in [-0.39, 0.29) is 0 Å². The van der Waals surface area contributed by atoms with Crippen molar-refractivity contribution < 1.29 is 9.26 Å². The Bertz CT molecular complexity index is 783. The number of aromatic nitrogens is 3. The summed E-state index contributed by atoms with van der Waals surface area (Å²) in [5.41, 5.74) is 3.27. The maximum Gasteiger partial charge on any atom is 0.124 e. The van der Waals surface area contributed by atoms with Crippen LogP contribution in [0.5, 0.6) is 5.75 Å². The van der Waals surface area contributed by atoms with Crippen LogP contribution >= 0.6 is 0 Å². The van der Waals surface area contributed by atoms with Crippen LogP contribution in [0.1, 0.15) is 23.6 Å². The fourth-order valence-electron chi connectivity index (χ4n) is 3.34. The first-order valence-electron chi connectivity index (χ1n) is 8.13. The van der Waals surface area contributed by atoms with E-state index in [4.69, 9.17) is 9.26 Å². The van der Waals surface area contributed by atoms with E-state index in [0.717, 1.165) is 43.2 Å². The van der Waals surface area contributed by atoms with Crippen molar-refractivity contribution in [2.75, 3.05) is 20.2 Å². The molecule has 0 N–H and O–H groups in total. The van der Waals surface area contributed by atoms with Gasteiger partial charge in [0.1, 0.15) is 12.0 Å². The summed E-state index contributed by atoms with van der Waals surface area (Å²) in [5.74, 6) is 1.36. The molecule has 124 valence electrons. The van der Waals surface area contributed by atoms with E-state index in [1.807, 2.05) is 35.1 Å². The lowest BCUT2D eigenvalue weighted by Gasteiger charge is -2.18. The average molecular weight is 324 g/mol. The summed E-state index contributed by atoms with van der Waals surface area (Å²) < 4.78 is 12.4. The van der Waals surface area contributed by atoms with Crippen molar-refractivity contribution in [3.8, 4) is 11.4 Å². The molecule has 0 saturated carbocycles. The standard InChI is InChI=1S/C18H20N4O2/c1-23-18-4-3-16(22-8-2-7-19-22)11-15(18)13-21-9-5-14(12-21)17-6-10-24-20-17/h2-4,6-8,10-11,14H,5,9,12-13H2,1H3. The van der Waals surface area contributed by atoms with Crippen molar-refractivity contribution in [2.24, 2.45) is 0 Å². The fraction of sp³-hybridized carbons (Fsp3) is 0.333. The Morgan fingerprint density at radius 1 is 1.33 bits per heavy atom. The normalized spacial score (nSPS) is 18.1. The van der Waals surface area contributed by atoms with Gasteiger partial charge in [-0.1, -0.05) is 5.16 Å². The van der Waals surface area contributed by atoms with Crippen LogP contribution in [-0.4, -0.2) is 40.0 Å². The Hall–Kier alpha value is -2.60. The van der Waals surface area contributed by atoms with Gasteiger partial charge in [0.15, 0.2) is 0 Å². The molecule has 0 bridgehead atoms. The fourth-order valence-corrected chi connectivity index (χ4v) is 3.34. The van der Waals surface area contributed by atoms with Crippen LogP contribution < -0.4 is 4.74 Å². The quantitative estimate of drug-likeness (QED) is 0.722. The number of ether oxygens (including phenoxy) is 1. The maximum absolute atomic E-state index is 5.54. The maximum atomic E-state index is 5.54. The first kappa shape index (κ1) is 15.0. The van der Waals surface area contributed by atoms with Gasteiger partial charge < -0.3 is 9.26 Å². The van der Waals surface area contributed by atoms with Gasteiger partial charge in [-0.3, -0.25) is 4.90 Å². The molecule has 1 aliphatic heterocycles. The molecule has 4 rings (SSSR count). The van der Waals surface area contributed by atoms with Crippen LogP contribution in [0, 0.1) is 0 Å². The summed E-state index contributed by atoms with van der Waals surface area (Å²) in [6, 6.07) is 10.1. The largest absolute Gasteiger partial charge is 0.496 e. The van der Waals surface area contributed by atoms with Gasteiger partial charge in [0, 0.05) is 43.0 Å². The second-order valence-corrected chi connectivity index (χ2v) is 6.09. The zero-order valence-corrected chi connectivity index (χ0v) is 13.6. The Labute approximate surface area is 140 Å². The highest BCUT2D eigenvalue weighted by Crippen LogP contribution is 2.29. The predicted octanol–water partition coefficient (Wildman–Crippen LogP) is 2.86. The van der Waals surface area contributed by atoms with Crippen LogP contribution in [0.4, 0.5) is 0 Å². The van der Waals surface area contributed by atoms with Crippen molar-refractivity contribution in [3.05, 3.63) is 60.2 Å². The third-order valence-corrected chi connectivity index (χ3v) is 4.58. The molecule has 2 aromatic heterocycles. The number of hydrogen-bond donors (Lipinski definition) is 0. The zero-order valence-electron chi connectivity index (χ0n) is 13.6.